The van der Waals surface area contributed by atoms with Gasteiger partial charge in [-0.15, -0.1) is 0 Å². The van der Waals surface area contributed by atoms with Crippen molar-refractivity contribution in [2.75, 3.05) is 0 Å². The molecule has 10 heavy (non-hydrogen) atoms. The van der Waals surface area contributed by atoms with Gasteiger partial charge in [-0.1, -0.05) is 5.16 Å². The van der Waals surface area contributed by atoms with E-state index in [1.807, 2.05) is 0 Å². The van der Waals surface area contributed by atoms with E-state index in [0.717, 1.165) is 5.56 Å². The summed E-state index contributed by atoms with van der Waals surface area (Å²) in [7, 11) is 0. The van der Waals surface area contributed by atoms with Crippen LogP contribution in [0, 0.1) is 6.07 Å². The number of rotatable bonds is 1. The third kappa shape index (κ3) is 0.699. The van der Waals surface area contributed by atoms with Crippen molar-refractivity contribution >= 4 is 0 Å². The molecule has 2 aromatic rings. The first-order chi connectivity index (χ1) is 4.97. The van der Waals surface area contributed by atoms with Crippen LogP contribution in [0.15, 0.2) is 23.2 Å². The number of H-pyrrole nitrogens is 1. The molecule has 0 aliphatic rings. The minimum absolute atomic E-state index is 0.675. The molecule has 0 aliphatic carbocycles. The molecule has 0 unspecified atom stereocenters. The Morgan fingerprint density at radius 2 is 2.60 bits per heavy atom. The lowest BCUT2D eigenvalue weighted by molar-refractivity contribution is 0.422. The monoisotopic (exact) mass is 134 g/mol. The third-order valence-corrected chi connectivity index (χ3v) is 1.16. The molecule has 49 valence electrons. The molecule has 1 radical (unpaired) electrons. The van der Waals surface area contributed by atoms with Gasteiger partial charge in [-0.2, -0.15) is 5.10 Å². The molecule has 2 aromatic heterocycles. The second-order valence-corrected chi connectivity index (χ2v) is 1.79. The Hall–Kier alpha value is -1.58. The SMILES string of the molecule is [c]1conc1-c1cn[nH]c1. The molecule has 2 heterocycles. The number of aromatic nitrogens is 3. The maximum atomic E-state index is 4.59. The Labute approximate surface area is 56.9 Å². The van der Waals surface area contributed by atoms with Crippen LogP contribution in [0.5, 0.6) is 0 Å². The summed E-state index contributed by atoms with van der Waals surface area (Å²) in [6.45, 7) is 0. The van der Waals surface area contributed by atoms with Crippen LogP contribution in [-0.4, -0.2) is 15.4 Å². The first-order valence-electron chi connectivity index (χ1n) is 2.78. The van der Waals surface area contributed by atoms with Crippen LogP contribution in [0.4, 0.5) is 0 Å². The van der Waals surface area contributed by atoms with E-state index in [-0.39, 0.29) is 0 Å². The van der Waals surface area contributed by atoms with Crippen molar-refractivity contribution in [3.05, 3.63) is 24.7 Å². The van der Waals surface area contributed by atoms with E-state index >= 15 is 0 Å². The highest BCUT2D eigenvalue weighted by Gasteiger charge is 2.00. The van der Waals surface area contributed by atoms with E-state index in [0.29, 0.717) is 5.69 Å². The van der Waals surface area contributed by atoms with E-state index < -0.39 is 0 Å². The van der Waals surface area contributed by atoms with Crippen molar-refractivity contribution in [1.29, 1.82) is 0 Å². The normalized spacial score (nSPS) is 10.0. The van der Waals surface area contributed by atoms with Crippen molar-refractivity contribution in [3.63, 3.8) is 0 Å². The van der Waals surface area contributed by atoms with Crippen LogP contribution in [0.2, 0.25) is 0 Å². The number of nitrogens with zero attached hydrogens (tertiary/aromatic N) is 2. The Morgan fingerprint density at radius 3 is 3.20 bits per heavy atom. The van der Waals surface area contributed by atoms with Gasteiger partial charge in [0.25, 0.3) is 0 Å². The molecule has 0 saturated carbocycles. The summed E-state index contributed by atoms with van der Waals surface area (Å²) < 4.78 is 4.59. The highest BCUT2D eigenvalue weighted by Crippen LogP contribution is 2.12. The molecular formula is C6H4N3O. The van der Waals surface area contributed by atoms with E-state index in [2.05, 4.69) is 25.9 Å². The van der Waals surface area contributed by atoms with Gasteiger partial charge in [0.15, 0.2) is 0 Å². The molecule has 0 saturated heterocycles. The number of nitrogens with one attached hydrogen (secondary N) is 1. The summed E-state index contributed by atoms with van der Waals surface area (Å²) in [5.74, 6) is 0. The Morgan fingerprint density at radius 1 is 1.60 bits per heavy atom. The van der Waals surface area contributed by atoms with Crippen LogP contribution in [0.3, 0.4) is 0 Å². The van der Waals surface area contributed by atoms with Crippen LogP contribution in [-0.2, 0) is 0 Å². The van der Waals surface area contributed by atoms with Crippen LogP contribution in [0.1, 0.15) is 0 Å². The van der Waals surface area contributed by atoms with E-state index in [9.17, 15) is 0 Å². The molecule has 1 N–H and O–H groups in total. The molecule has 0 amide bonds. The number of aromatic amines is 1. The summed E-state index contributed by atoms with van der Waals surface area (Å²) in [4.78, 5) is 0. The van der Waals surface area contributed by atoms with Crippen LogP contribution in [0.25, 0.3) is 11.3 Å². The zero-order chi connectivity index (χ0) is 6.81. The highest BCUT2D eigenvalue weighted by molar-refractivity contribution is 5.54. The first-order valence-corrected chi connectivity index (χ1v) is 2.78. The second kappa shape index (κ2) is 1.98. The van der Waals surface area contributed by atoms with E-state index in [1.54, 1.807) is 12.4 Å². The molecule has 0 atom stereocenters. The molecule has 4 heteroatoms. The molecular weight excluding hydrogens is 130 g/mol. The second-order valence-electron chi connectivity index (χ2n) is 1.79. The Bertz CT molecular complexity index is 252. The lowest BCUT2D eigenvalue weighted by Gasteiger charge is -1.79. The molecule has 2 rings (SSSR count). The zero-order valence-electron chi connectivity index (χ0n) is 5.03. The fraction of sp³-hybridized carbons (Fsp3) is 0. The predicted octanol–water partition coefficient (Wildman–Crippen LogP) is 0.865. The van der Waals surface area contributed by atoms with Crippen molar-refractivity contribution in [1.82, 2.24) is 15.4 Å². The largest absolute Gasteiger partial charge is 0.363 e. The zero-order valence-corrected chi connectivity index (χ0v) is 5.03. The van der Waals surface area contributed by atoms with Crippen molar-refractivity contribution in [2.24, 2.45) is 0 Å². The first kappa shape index (κ1) is 5.22. The van der Waals surface area contributed by atoms with Crippen LogP contribution < -0.4 is 0 Å². The van der Waals surface area contributed by atoms with Gasteiger partial charge in [0.1, 0.15) is 12.0 Å². The fourth-order valence-electron chi connectivity index (χ4n) is 0.704. The summed E-state index contributed by atoms with van der Waals surface area (Å²) in [6, 6.07) is 2.80. The minimum atomic E-state index is 0.675. The van der Waals surface area contributed by atoms with Gasteiger partial charge in [0.05, 0.1) is 12.3 Å². The molecule has 0 spiro atoms. The quantitative estimate of drug-likeness (QED) is 0.629. The van der Waals surface area contributed by atoms with Crippen molar-refractivity contribution < 1.29 is 4.52 Å². The van der Waals surface area contributed by atoms with Crippen molar-refractivity contribution in [3.8, 4) is 11.3 Å². The van der Waals surface area contributed by atoms with Gasteiger partial charge in [-0.05, 0) is 0 Å². The molecule has 0 fully saturated rings. The third-order valence-electron chi connectivity index (χ3n) is 1.16. The van der Waals surface area contributed by atoms with Gasteiger partial charge < -0.3 is 4.52 Å². The van der Waals surface area contributed by atoms with E-state index in [4.69, 9.17) is 0 Å². The topological polar surface area (TPSA) is 54.7 Å². The van der Waals surface area contributed by atoms with Gasteiger partial charge in [-0.25, -0.2) is 0 Å². The Balaban J connectivity index is 2.48. The van der Waals surface area contributed by atoms with Gasteiger partial charge in [0.2, 0.25) is 0 Å². The average Bonchev–Trinajstić information content (AvgIpc) is 2.59. The highest BCUT2D eigenvalue weighted by atomic mass is 16.5. The maximum Gasteiger partial charge on any atom is 0.132 e. The standard InChI is InChI=1S/C6H4N3O/c1-2-10-9-6(1)5-3-7-8-4-5/h2-4H,(H,7,8). The van der Waals surface area contributed by atoms with Crippen LogP contribution >= 0.6 is 0 Å². The lowest BCUT2D eigenvalue weighted by Crippen LogP contribution is -1.69. The van der Waals surface area contributed by atoms with E-state index in [1.165, 1.54) is 6.26 Å². The van der Waals surface area contributed by atoms with Crippen molar-refractivity contribution in [2.45, 2.75) is 0 Å². The average molecular weight is 134 g/mol. The predicted molar refractivity (Wildman–Crippen MR) is 32.9 cm³/mol. The molecule has 4 nitrogen and oxygen atoms in total. The molecule has 0 aliphatic heterocycles. The fourth-order valence-corrected chi connectivity index (χ4v) is 0.704. The summed E-state index contributed by atoms with van der Waals surface area (Å²) >= 11 is 0. The Kier molecular flexibility index (Phi) is 1.04. The summed E-state index contributed by atoms with van der Waals surface area (Å²) in [5, 5.41) is 10.1. The summed E-state index contributed by atoms with van der Waals surface area (Å²) in [6.07, 6.45) is 4.80. The number of hydrogen-bond donors (Lipinski definition) is 1. The molecule has 0 bridgehead atoms. The van der Waals surface area contributed by atoms with Gasteiger partial charge in [0, 0.05) is 11.8 Å². The van der Waals surface area contributed by atoms with Gasteiger partial charge in [-0.3, -0.25) is 5.10 Å². The number of hydrogen-bond acceptors (Lipinski definition) is 3. The smallest absolute Gasteiger partial charge is 0.132 e. The lowest BCUT2D eigenvalue weighted by atomic mass is 10.3. The minimum Gasteiger partial charge on any atom is -0.363 e. The molecule has 0 aromatic carbocycles. The summed E-state index contributed by atoms with van der Waals surface area (Å²) in [5.41, 5.74) is 1.56. The maximum absolute atomic E-state index is 4.59. The van der Waals surface area contributed by atoms with Gasteiger partial charge >= 0.3 is 0 Å².